The van der Waals surface area contributed by atoms with Crippen molar-refractivity contribution in [1.82, 2.24) is 15.6 Å². The summed E-state index contributed by atoms with van der Waals surface area (Å²) in [6.07, 6.45) is 2.68. The molecule has 0 saturated carbocycles. The van der Waals surface area contributed by atoms with Gasteiger partial charge in [-0.1, -0.05) is 24.6 Å². The summed E-state index contributed by atoms with van der Waals surface area (Å²) in [5.41, 5.74) is 12.9. The molecule has 1 heterocycles. The number of carbonyl (C=O) groups excluding carboxylic acids is 2. The minimum Gasteiger partial charge on any atom is -0.481 e. The summed E-state index contributed by atoms with van der Waals surface area (Å²) in [7, 11) is 0. The Labute approximate surface area is 184 Å². The van der Waals surface area contributed by atoms with Crippen molar-refractivity contribution in [3.05, 3.63) is 36.0 Å². The topological polar surface area (TPSA) is 201 Å². The predicted molar refractivity (Wildman–Crippen MR) is 117 cm³/mol. The second kappa shape index (κ2) is 11.8. The zero-order valence-corrected chi connectivity index (χ0v) is 17.5. The first-order chi connectivity index (χ1) is 15.2. The molecule has 1 aromatic heterocycles. The van der Waals surface area contributed by atoms with E-state index in [0.29, 0.717) is 25.8 Å². The number of para-hydroxylation sites is 1. The molecule has 1 aromatic carbocycles. The molecule has 11 nitrogen and oxygen atoms in total. The maximum absolute atomic E-state index is 12.9. The Morgan fingerprint density at radius 3 is 2.34 bits per heavy atom. The largest absolute Gasteiger partial charge is 0.481 e. The molecule has 32 heavy (non-hydrogen) atoms. The van der Waals surface area contributed by atoms with Gasteiger partial charge in [-0.2, -0.15) is 0 Å². The number of nitrogens with one attached hydrogen (secondary N) is 3. The number of carboxylic acids is 2. The lowest BCUT2D eigenvalue weighted by Gasteiger charge is -2.22. The Morgan fingerprint density at radius 2 is 1.69 bits per heavy atom. The number of fused-ring (bicyclic) bond motifs is 1. The van der Waals surface area contributed by atoms with Crippen molar-refractivity contribution in [1.29, 1.82) is 0 Å². The molecule has 0 bridgehead atoms. The highest BCUT2D eigenvalue weighted by atomic mass is 16.4. The third-order valence-corrected chi connectivity index (χ3v) is 5.03. The number of aliphatic carboxylic acids is 2. The van der Waals surface area contributed by atoms with Crippen molar-refractivity contribution in [3.8, 4) is 0 Å². The fraction of sp³-hybridized carbons (Fsp3) is 0.429. The molecule has 0 aliphatic heterocycles. The van der Waals surface area contributed by atoms with Crippen LogP contribution in [0, 0.1) is 0 Å². The zero-order chi connectivity index (χ0) is 23.7. The van der Waals surface area contributed by atoms with Crippen LogP contribution in [0.25, 0.3) is 10.9 Å². The standard InChI is InChI=1S/C21H29N5O6/c22-8-4-3-6-14(23)19(29)25-16(20(30)26-17(21(31)32)10-18(27)28)9-12-11-24-15-7-2-1-5-13(12)15/h1-2,5,7,11,14,16-17,24H,3-4,6,8-10,22-23H2,(H,25,29)(H,26,30)(H,27,28)(H,31,32)/t14-,16-,17-/m0/s1. The predicted octanol–water partition coefficient (Wildman–Crippen LogP) is -0.304. The van der Waals surface area contributed by atoms with Crippen molar-refractivity contribution in [2.24, 2.45) is 11.5 Å². The van der Waals surface area contributed by atoms with E-state index in [9.17, 15) is 24.3 Å². The summed E-state index contributed by atoms with van der Waals surface area (Å²) in [4.78, 5) is 50.8. The fourth-order valence-corrected chi connectivity index (χ4v) is 3.30. The molecular weight excluding hydrogens is 418 g/mol. The molecule has 0 aliphatic carbocycles. The van der Waals surface area contributed by atoms with Crippen LogP contribution in [0.2, 0.25) is 0 Å². The van der Waals surface area contributed by atoms with E-state index in [1.807, 2.05) is 24.3 Å². The highest BCUT2D eigenvalue weighted by Gasteiger charge is 2.30. The number of hydrogen-bond donors (Lipinski definition) is 7. The van der Waals surface area contributed by atoms with Gasteiger partial charge in [-0.25, -0.2) is 4.79 Å². The van der Waals surface area contributed by atoms with E-state index in [0.717, 1.165) is 16.5 Å². The molecular formula is C21H29N5O6. The van der Waals surface area contributed by atoms with Crippen molar-refractivity contribution in [2.75, 3.05) is 6.54 Å². The minimum absolute atomic E-state index is 0.0521. The molecule has 0 radical (unpaired) electrons. The van der Waals surface area contributed by atoms with E-state index in [-0.39, 0.29) is 6.42 Å². The molecule has 174 valence electrons. The van der Waals surface area contributed by atoms with E-state index in [1.165, 1.54) is 0 Å². The number of aromatic amines is 1. The van der Waals surface area contributed by atoms with Crippen molar-refractivity contribution in [3.63, 3.8) is 0 Å². The number of amides is 2. The van der Waals surface area contributed by atoms with Gasteiger partial charge in [0.25, 0.3) is 0 Å². The van der Waals surface area contributed by atoms with Gasteiger partial charge in [0.2, 0.25) is 11.8 Å². The molecule has 2 amide bonds. The summed E-state index contributed by atoms with van der Waals surface area (Å²) in [5, 5.41) is 23.8. The molecule has 0 aliphatic rings. The van der Waals surface area contributed by atoms with E-state index in [4.69, 9.17) is 16.6 Å². The number of nitrogens with two attached hydrogens (primary N) is 2. The van der Waals surface area contributed by atoms with Gasteiger partial charge < -0.3 is 37.3 Å². The number of H-pyrrole nitrogens is 1. The van der Waals surface area contributed by atoms with Gasteiger partial charge in [0.1, 0.15) is 12.1 Å². The SMILES string of the molecule is NCCCC[C@H](N)C(=O)N[C@@H](Cc1c[nH]c2ccccc12)C(=O)N[C@@H](CC(=O)O)C(=O)O. The Balaban J connectivity index is 2.21. The maximum atomic E-state index is 12.9. The third kappa shape index (κ3) is 7.06. The van der Waals surface area contributed by atoms with E-state index >= 15 is 0 Å². The van der Waals surface area contributed by atoms with Crippen LogP contribution in [0.5, 0.6) is 0 Å². The van der Waals surface area contributed by atoms with Crippen molar-refractivity contribution in [2.45, 2.75) is 50.2 Å². The number of hydrogen-bond acceptors (Lipinski definition) is 6. The van der Waals surface area contributed by atoms with Crippen LogP contribution >= 0.6 is 0 Å². The van der Waals surface area contributed by atoms with Gasteiger partial charge in [-0.05, 0) is 31.0 Å². The summed E-state index contributed by atoms with van der Waals surface area (Å²) < 4.78 is 0. The summed E-state index contributed by atoms with van der Waals surface area (Å²) in [5.74, 6) is -4.24. The van der Waals surface area contributed by atoms with Crippen molar-refractivity contribution >= 4 is 34.7 Å². The lowest BCUT2D eigenvalue weighted by Crippen LogP contribution is -2.55. The first kappa shape index (κ1) is 24.8. The molecule has 9 N–H and O–H groups in total. The zero-order valence-electron chi connectivity index (χ0n) is 17.5. The first-order valence-corrected chi connectivity index (χ1v) is 10.3. The number of unbranched alkanes of at least 4 members (excludes halogenated alkanes) is 1. The minimum atomic E-state index is -1.64. The number of carbonyl (C=O) groups is 4. The maximum Gasteiger partial charge on any atom is 0.326 e. The molecule has 11 heteroatoms. The smallest absolute Gasteiger partial charge is 0.326 e. The van der Waals surface area contributed by atoms with E-state index in [2.05, 4.69) is 15.6 Å². The van der Waals surface area contributed by atoms with E-state index in [1.54, 1.807) is 6.20 Å². The quantitative estimate of drug-likeness (QED) is 0.203. The van der Waals surface area contributed by atoms with Gasteiger partial charge >= 0.3 is 11.9 Å². The molecule has 2 aromatic rings. The fourth-order valence-electron chi connectivity index (χ4n) is 3.30. The Kier molecular flexibility index (Phi) is 9.17. The van der Waals surface area contributed by atoms with Gasteiger partial charge in [0, 0.05) is 23.5 Å². The average molecular weight is 447 g/mol. The molecule has 2 rings (SSSR count). The summed E-state index contributed by atoms with van der Waals surface area (Å²) in [6, 6.07) is 3.72. The lowest BCUT2D eigenvalue weighted by atomic mass is 10.0. The molecule has 0 spiro atoms. The number of rotatable bonds is 13. The van der Waals surface area contributed by atoms with Crippen LogP contribution in [0.3, 0.4) is 0 Å². The van der Waals surface area contributed by atoms with Crippen LogP contribution in [0.1, 0.15) is 31.2 Å². The second-order valence-electron chi connectivity index (χ2n) is 7.51. The van der Waals surface area contributed by atoms with Crippen LogP contribution in [-0.4, -0.2) is 63.6 Å². The van der Waals surface area contributed by atoms with Gasteiger partial charge in [-0.15, -0.1) is 0 Å². The Morgan fingerprint density at radius 1 is 1.00 bits per heavy atom. The third-order valence-electron chi connectivity index (χ3n) is 5.03. The molecule has 0 unspecified atom stereocenters. The van der Waals surface area contributed by atoms with Crippen LogP contribution in [0.4, 0.5) is 0 Å². The average Bonchev–Trinajstić information content (AvgIpc) is 3.15. The second-order valence-corrected chi connectivity index (χ2v) is 7.51. The van der Waals surface area contributed by atoms with Crippen LogP contribution in [0.15, 0.2) is 30.5 Å². The van der Waals surface area contributed by atoms with E-state index < -0.39 is 48.3 Å². The Bertz CT molecular complexity index is 959. The summed E-state index contributed by atoms with van der Waals surface area (Å²) >= 11 is 0. The first-order valence-electron chi connectivity index (χ1n) is 10.3. The molecule has 0 saturated heterocycles. The number of benzene rings is 1. The monoisotopic (exact) mass is 447 g/mol. The van der Waals surface area contributed by atoms with Gasteiger partial charge in [-0.3, -0.25) is 14.4 Å². The number of carboxylic acid groups (broad SMARTS) is 2. The van der Waals surface area contributed by atoms with Gasteiger partial charge in [0.15, 0.2) is 0 Å². The van der Waals surface area contributed by atoms with Crippen LogP contribution < -0.4 is 22.1 Å². The molecule has 3 atom stereocenters. The van der Waals surface area contributed by atoms with Crippen LogP contribution in [-0.2, 0) is 25.6 Å². The summed E-state index contributed by atoms with van der Waals surface area (Å²) in [6.45, 7) is 0.472. The highest BCUT2D eigenvalue weighted by molar-refractivity contribution is 5.93. The Hall–Kier alpha value is -3.44. The van der Waals surface area contributed by atoms with Gasteiger partial charge in [0.05, 0.1) is 12.5 Å². The number of aromatic nitrogens is 1. The lowest BCUT2D eigenvalue weighted by molar-refractivity contribution is -0.147. The highest BCUT2D eigenvalue weighted by Crippen LogP contribution is 2.19. The van der Waals surface area contributed by atoms with Crippen molar-refractivity contribution < 1.29 is 29.4 Å². The molecule has 0 fully saturated rings. The normalized spacial score (nSPS) is 13.8.